The minimum absolute atomic E-state index is 0.148. The van der Waals surface area contributed by atoms with Gasteiger partial charge in [0, 0.05) is 6.61 Å². The Morgan fingerprint density at radius 2 is 2.12 bits per heavy atom. The number of carbonyl (C=O) groups is 1. The van der Waals surface area contributed by atoms with E-state index in [-0.39, 0.29) is 12.2 Å². The highest BCUT2D eigenvalue weighted by molar-refractivity contribution is 5.88. The van der Waals surface area contributed by atoms with E-state index in [0.29, 0.717) is 25.6 Å². The van der Waals surface area contributed by atoms with Gasteiger partial charge in [0.05, 0.1) is 19.5 Å². The maximum Gasteiger partial charge on any atom is 0.339 e. The van der Waals surface area contributed by atoms with Crippen molar-refractivity contribution in [1.29, 1.82) is 0 Å². The van der Waals surface area contributed by atoms with Gasteiger partial charge in [-0.05, 0) is 12.5 Å². The SMILES string of the molecule is CCCOCCOCc1occc1C(=O)O. The van der Waals surface area contributed by atoms with Gasteiger partial charge in [-0.25, -0.2) is 4.79 Å². The van der Waals surface area contributed by atoms with Gasteiger partial charge < -0.3 is 19.0 Å². The fourth-order valence-electron chi connectivity index (χ4n) is 1.17. The van der Waals surface area contributed by atoms with Crippen LogP contribution in [0.2, 0.25) is 0 Å². The number of carboxylic acids is 1. The molecule has 0 atom stereocenters. The number of carboxylic acid groups (broad SMARTS) is 1. The average molecular weight is 228 g/mol. The molecule has 5 nitrogen and oxygen atoms in total. The molecule has 0 aromatic carbocycles. The van der Waals surface area contributed by atoms with Crippen molar-refractivity contribution in [2.75, 3.05) is 19.8 Å². The maximum atomic E-state index is 10.7. The molecule has 1 N–H and O–H groups in total. The quantitative estimate of drug-likeness (QED) is 0.688. The van der Waals surface area contributed by atoms with E-state index in [0.717, 1.165) is 6.42 Å². The van der Waals surface area contributed by atoms with Crippen LogP contribution in [0.5, 0.6) is 0 Å². The van der Waals surface area contributed by atoms with E-state index >= 15 is 0 Å². The molecule has 0 spiro atoms. The number of furan rings is 1. The molecule has 1 aromatic heterocycles. The Labute approximate surface area is 94.0 Å². The van der Waals surface area contributed by atoms with Crippen molar-refractivity contribution in [3.05, 3.63) is 23.7 Å². The monoisotopic (exact) mass is 228 g/mol. The molecule has 16 heavy (non-hydrogen) atoms. The van der Waals surface area contributed by atoms with Crippen LogP contribution in [0.15, 0.2) is 16.7 Å². The zero-order valence-corrected chi connectivity index (χ0v) is 9.27. The molecule has 0 aliphatic carbocycles. The third-order valence-electron chi connectivity index (χ3n) is 1.93. The van der Waals surface area contributed by atoms with Gasteiger partial charge in [-0.2, -0.15) is 0 Å². The summed E-state index contributed by atoms with van der Waals surface area (Å²) in [4.78, 5) is 10.7. The minimum atomic E-state index is -1.01. The second-order valence-corrected chi connectivity index (χ2v) is 3.23. The standard InChI is InChI=1S/C11H16O5/c1-2-4-14-6-7-15-8-10-9(11(12)13)3-5-16-10/h3,5H,2,4,6-8H2,1H3,(H,12,13). The smallest absolute Gasteiger partial charge is 0.339 e. The van der Waals surface area contributed by atoms with Gasteiger partial charge in [-0.15, -0.1) is 0 Å². The zero-order valence-electron chi connectivity index (χ0n) is 9.27. The molecule has 0 radical (unpaired) electrons. The molecule has 90 valence electrons. The van der Waals surface area contributed by atoms with Gasteiger partial charge in [0.1, 0.15) is 17.9 Å². The predicted octanol–water partition coefficient (Wildman–Crippen LogP) is 1.92. The third kappa shape index (κ3) is 4.04. The second-order valence-electron chi connectivity index (χ2n) is 3.23. The molecule has 0 saturated heterocycles. The Morgan fingerprint density at radius 3 is 2.81 bits per heavy atom. The van der Waals surface area contributed by atoms with Crippen LogP contribution in [0.3, 0.4) is 0 Å². The molecule has 1 rings (SSSR count). The summed E-state index contributed by atoms with van der Waals surface area (Å²) in [6, 6.07) is 1.41. The molecule has 0 aliphatic rings. The Balaban J connectivity index is 2.21. The average Bonchev–Trinajstić information content (AvgIpc) is 2.71. The summed E-state index contributed by atoms with van der Waals surface area (Å²) in [6.45, 7) is 3.84. The van der Waals surface area contributed by atoms with Gasteiger partial charge >= 0.3 is 5.97 Å². The lowest BCUT2D eigenvalue weighted by Gasteiger charge is -2.03. The summed E-state index contributed by atoms with van der Waals surface area (Å²) in [5, 5.41) is 8.79. The molecule has 0 aliphatic heterocycles. The number of ether oxygens (including phenoxy) is 2. The highest BCUT2D eigenvalue weighted by atomic mass is 16.5. The lowest BCUT2D eigenvalue weighted by atomic mass is 10.2. The summed E-state index contributed by atoms with van der Waals surface area (Å²) in [5.41, 5.74) is 0.148. The summed E-state index contributed by atoms with van der Waals surface area (Å²) in [5.74, 6) is -0.669. The van der Waals surface area contributed by atoms with Crippen LogP contribution < -0.4 is 0 Å². The number of hydrogen-bond acceptors (Lipinski definition) is 4. The van der Waals surface area contributed by atoms with Crippen molar-refractivity contribution in [3.8, 4) is 0 Å². The van der Waals surface area contributed by atoms with E-state index in [2.05, 4.69) is 0 Å². The van der Waals surface area contributed by atoms with Crippen LogP contribution in [0.1, 0.15) is 29.5 Å². The van der Waals surface area contributed by atoms with E-state index in [1.54, 1.807) is 0 Å². The van der Waals surface area contributed by atoms with E-state index < -0.39 is 5.97 Å². The number of rotatable bonds is 8. The van der Waals surface area contributed by atoms with Gasteiger partial charge in [-0.3, -0.25) is 0 Å². The van der Waals surface area contributed by atoms with Crippen molar-refractivity contribution in [3.63, 3.8) is 0 Å². The van der Waals surface area contributed by atoms with Gasteiger partial charge in [-0.1, -0.05) is 6.92 Å². The first-order valence-electron chi connectivity index (χ1n) is 5.20. The van der Waals surface area contributed by atoms with Crippen molar-refractivity contribution >= 4 is 5.97 Å². The van der Waals surface area contributed by atoms with E-state index in [1.165, 1.54) is 12.3 Å². The van der Waals surface area contributed by atoms with Crippen LogP contribution in [-0.4, -0.2) is 30.9 Å². The van der Waals surface area contributed by atoms with Crippen molar-refractivity contribution in [2.45, 2.75) is 20.0 Å². The van der Waals surface area contributed by atoms with Crippen LogP contribution >= 0.6 is 0 Å². The highest BCUT2D eigenvalue weighted by Crippen LogP contribution is 2.11. The topological polar surface area (TPSA) is 68.9 Å². The summed E-state index contributed by atoms with van der Waals surface area (Å²) in [6.07, 6.45) is 2.32. The van der Waals surface area contributed by atoms with Crippen molar-refractivity contribution < 1.29 is 23.8 Å². The largest absolute Gasteiger partial charge is 0.478 e. The first-order chi connectivity index (χ1) is 7.75. The van der Waals surface area contributed by atoms with E-state index in [1.807, 2.05) is 6.92 Å². The maximum absolute atomic E-state index is 10.7. The zero-order chi connectivity index (χ0) is 11.8. The van der Waals surface area contributed by atoms with E-state index in [9.17, 15) is 4.79 Å². The lowest BCUT2D eigenvalue weighted by Crippen LogP contribution is -2.06. The second kappa shape index (κ2) is 7.03. The summed E-state index contributed by atoms with van der Waals surface area (Å²) in [7, 11) is 0. The Bertz CT molecular complexity index is 318. The lowest BCUT2D eigenvalue weighted by molar-refractivity contribution is 0.0341. The molecule has 0 bridgehead atoms. The van der Waals surface area contributed by atoms with Gasteiger partial charge in [0.15, 0.2) is 0 Å². The third-order valence-corrected chi connectivity index (χ3v) is 1.93. The van der Waals surface area contributed by atoms with Crippen LogP contribution in [-0.2, 0) is 16.1 Å². The fraction of sp³-hybridized carbons (Fsp3) is 0.545. The van der Waals surface area contributed by atoms with E-state index in [4.69, 9.17) is 19.0 Å². The fourth-order valence-corrected chi connectivity index (χ4v) is 1.17. The normalized spacial score (nSPS) is 10.6. The van der Waals surface area contributed by atoms with Crippen LogP contribution in [0.25, 0.3) is 0 Å². The summed E-state index contributed by atoms with van der Waals surface area (Å²) >= 11 is 0. The first kappa shape index (κ1) is 12.7. The number of hydrogen-bond donors (Lipinski definition) is 1. The van der Waals surface area contributed by atoms with Crippen LogP contribution in [0, 0.1) is 0 Å². The van der Waals surface area contributed by atoms with Crippen molar-refractivity contribution in [1.82, 2.24) is 0 Å². The highest BCUT2D eigenvalue weighted by Gasteiger charge is 2.12. The van der Waals surface area contributed by atoms with Crippen LogP contribution in [0.4, 0.5) is 0 Å². The molecular formula is C11H16O5. The molecule has 1 heterocycles. The number of aromatic carboxylic acids is 1. The molecule has 0 saturated carbocycles. The summed E-state index contributed by atoms with van der Waals surface area (Å²) < 4.78 is 15.4. The predicted molar refractivity (Wildman–Crippen MR) is 56.4 cm³/mol. The molecule has 1 aromatic rings. The van der Waals surface area contributed by atoms with Gasteiger partial charge in [0.2, 0.25) is 0 Å². The first-order valence-corrected chi connectivity index (χ1v) is 5.20. The molecule has 0 unspecified atom stereocenters. The Kier molecular flexibility index (Phi) is 5.60. The molecular weight excluding hydrogens is 212 g/mol. The minimum Gasteiger partial charge on any atom is -0.478 e. The van der Waals surface area contributed by atoms with Gasteiger partial charge in [0.25, 0.3) is 0 Å². The Morgan fingerprint density at radius 1 is 1.38 bits per heavy atom. The molecule has 5 heteroatoms. The van der Waals surface area contributed by atoms with Crippen molar-refractivity contribution in [2.24, 2.45) is 0 Å². The Hall–Kier alpha value is -1.33. The molecule has 0 fully saturated rings. The molecule has 0 amide bonds.